The highest BCUT2D eigenvalue weighted by atomic mass is 35.5. The number of benzene rings is 9. The number of para-hydroxylation sites is 3. The third kappa shape index (κ3) is 19.8. The summed E-state index contributed by atoms with van der Waals surface area (Å²) in [6, 6.07) is 62.0. The molecule has 0 aliphatic heterocycles. The van der Waals surface area contributed by atoms with Gasteiger partial charge in [0.05, 0.1) is 62.4 Å². The summed E-state index contributed by atoms with van der Waals surface area (Å²) in [5.41, 5.74) is 16.8. The third-order valence-corrected chi connectivity index (χ3v) is 26.5. The SMILES string of the molecule is Cc1cc(OCCCc2c(C(=O)NS(=O)(=O)c3ccccc3)[nH]c3c(-c4cccn4C)cccc23)cc(C)c1Cl.Cc1cc(OCCCc2c(C(=O)NS(=O)(=O)c3ccccc3)[nH]c3c(-c4ccnn4C)cccc23)cc(C)c1Cl.Cc1cccnc1-c1cccc2c(CCCOc3cc(C)c(Cl)c(C)c3)c(C(=O)NS(=O)(=O)c3ccccc3)[nH]c12. The Bertz CT molecular complexity index is 6410. The molecular formula is C93H89Cl3N10O12S3. The fourth-order valence-electron chi connectivity index (χ4n) is 14.7. The Morgan fingerprint density at radius 1 is 0.380 bits per heavy atom. The molecule has 622 valence electrons. The summed E-state index contributed by atoms with van der Waals surface area (Å²) in [7, 11) is -8.39. The molecule has 6 heterocycles. The van der Waals surface area contributed by atoms with Gasteiger partial charge in [0.2, 0.25) is 0 Å². The van der Waals surface area contributed by atoms with E-state index < -0.39 is 47.8 Å². The van der Waals surface area contributed by atoms with Crippen LogP contribution in [-0.2, 0) is 63.4 Å². The first-order valence-electron chi connectivity index (χ1n) is 38.9. The molecule has 9 aromatic carbocycles. The molecule has 0 saturated carbocycles. The first-order chi connectivity index (χ1) is 58.0. The molecule has 0 fully saturated rings. The Labute approximate surface area is 717 Å². The van der Waals surface area contributed by atoms with Gasteiger partial charge in [-0.05, 0) is 240 Å². The quantitative estimate of drug-likeness (QED) is 0.0261. The zero-order valence-electron chi connectivity index (χ0n) is 67.8. The summed E-state index contributed by atoms with van der Waals surface area (Å²) in [6.45, 7) is 14.8. The van der Waals surface area contributed by atoms with Gasteiger partial charge in [0.25, 0.3) is 47.8 Å². The third-order valence-electron chi connectivity index (χ3n) is 20.7. The molecule has 0 aliphatic carbocycles. The number of carbonyl (C=O) groups excluding carboxylic acids is 3. The molecule has 0 unspecified atom stereocenters. The van der Waals surface area contributed by atoms with Gasteiger partial charge in [0, 0.05) is 86.3 Å². The van der Waals surface area contributed by atoms with Crippen molar-refractivity contribution in [1.82, 2.24) is 48.4 Å². The lowest BCUT2D eigenvalue weighted by atomic mass is 10.0. The Kier molecular flexibility index (Phi) is 26.9. The Morgan fingerprint density at radius 2 is 0.719 bits per heavy atom. The number of nitrogens with zero attached hydrogens (tertiary/aromatic N) is 4. The summed E-state index contributed by atoms with van der Waals surface area (Å²) in [5, 5.41) is 8.95. The summed E-state index contributed by atoms with van der Waals surface area (Å²) in [5.74, 6) is 0.0189. The summed E-state index contributed by atoms with van der Waals surface area (Å²) in [6.07, 6.45) is 8.62. The fourth-order valence-corrected chi connectivity index (χ4v) is 18.0. The molecule has 6 N–H and O–H groups in total. The minimum absolute atomic E-state index is 0.0118. The average Bonchev–Trinajstić information content (AvgIpc) is 1.62. The summed E-state index contributed by atoms with van der Waals surface area (Å²) >= 11 is 18.9. The van der Waals surface area contributed by atoms with Crippen molar-refractivity contribution in [1.29, 1.82) is 0 Å². The largest absolute Gasteiger partial charge is 0.494 e. The second-order valence-corrected chi connectivity index (χ2v) is 35.5. The molecule has 121 heavy (non-hydrogen) atoms. The number of halogens is 3. The number of fused-ring (bicyclic) bond motifs is 3. The Balaban J connectivity index is 0.000000157. The molecule has 0 bridgehead atoms. The zero-order chi connectivity index (χ0) is 86.0. The molecule has 28 heteroatoms. The number of aromatic amines is 3. The first kappa shape index (κ1) is 86.6. The van der Waals surface area contributed by atoms with E-state index in [0.29, 0.717) is 69.5 Å². The number of ether oxygens (including phenoxy) is 3. The lowest BCUT2D eigenvalue weighted by molar-refractivity contribution is 0.0967. The first-order valence-corrected chi connectivity index (χ1v) is 44.5. The molecule has 22 nitrogen and oxygen atoms in total. The lowest BCUT2D eigenvalue weighted by Gasteiger charge is -2.11. The van der Waals surface area contributed by atoms with E-state index >= 15 is 0 Å². The van der Waals surface area contributed by atoms with Crippen molar-refractivity contribution >= 4 is 115 Å². The number of hydrogen-bond donors (Lipinski definition) is 6. The minimum Gasteiger partial charge on any atom is -0.494 e. The van der Waals surface area contributed by atoms with Crippen LogP contribution in [0, 0.1) is 48.5 Å². The van der Waals surface area contributed by atoms with Crippen LogP contribution in [0.3, 0.4) is 0 Å². The van der Waals surface area contributed by atoms with Crippen molar-refractivity contribution in [3.05, 3.63) is 319 Å². The normalized spacial score (nSPS) is 11.6. The van der Waals surface area contributed by atoms with Gasteiger partial charge in [-0.2, -0.15) is 5.10 Å². The standard InChI is InChI=1S/C32H30ClN3O4S.C31H30ClN3O4S.C30H29ClN4O4S/c1-20-10-8-16-34-29(20)27-14-7-13-25-26(15-9-17-40-23-18-21(2)28(33)22(3)19-23)31(35-30(25)27)32(37)36-41(38,39)24-11-5-4-6-12-24;1-20-18-22(19-21(2)28(20)32)39-17-9-14-25-24-12-7-13-26(27-15-8-16-35(27)3)29(24)33-30(25)31(36)34-40(37,38)23-10-5-4-6-11-23;1-19-17-21(18-20(2)27(19)31)39-16-8-13-24-23-11-7-12-25(26-14-15-32-35(26)3)28(23)33-29(24)30(36)34-40(37,38)22-9-5-4-6-10-22/h4-8,10-14,16,18-19,35H,9,15,17H2,1-3H3,(H,36,37);4-8,10-13,15-16,18-19,33H,9,14,17H2,1-3H3,(H,34,36);4-7,9-12,14-15,17-18,33H,8,13,16H2,1-3H3,(H,34,36). The van der Waals surface area contributed by atoms with E-state index in [4.69, 9.17) is 49.0 Å². The van der Waals surface area contributed by atoms with Crippen LogP contribution < -0.4 is 28.4 Å². The van der Waals surface area contributed by atoms with Crippen LogP contribution in [0.2, 0.25) is 15.1 Å². The number of carbonyl (C=O) groups is 3. The predicted molar refractivity (Wildman–Crippen MR) is 477 cm³/mol. The number of amides is 3. The highest BCUT2D eigenvalue weighted by Gasteiger charge is 2.30. The molecule has 0 spiro atoms. The summed E-state index contributed by atoms with van der Waals surface area (Å²) in [4.78, 5) is 54.8. The molecule has 15 aromatic rings. The maximum Gasteiger partial charge on any atom is 0.281 e. The molecule has 0 saturated heterocycles. The van der Waals surface area contributed by atoms with Crippen LogP contribution in [0.25, 0.3) is 66.5 Å². The van der Waals surface area contributed by atoms with E-state index in [1.807, 2.05) is 195 Å². The van der Waals surface area contributed by atoms with Crippen LogP contribution in [-0.4, -0.2) is 97.1 Å². The van der Waals surface area contributed by atoms with Crippen molar-refractivity contribution in [2.45, 2.75) is 102 Å². The molecule has 0 atom stereocenters. The smallest absolute Gasteiger partial charge is 0.281 e. The van der Waals surface area contributed by atoms with Crippen molar-refractivity contribution in [3.8, 4) is 51.0 Å². The Hall–Kier alpha value is -12.2. The van der Waals surface area contributed by atoms with Gasteiger partial charge in [-0.15, -0.1) is 0 Å². The van der Waals surface area contributed by atoms with Gasteiger partial charge in [0.1, 0.15) is 34.3 Å². The van der Waals surface area contributed by atoms with Crippen molar-refractivity contribution < 1.29 is 53.8 Å². The average molecular weight is 1740 g/mol. The highest BCUT2D eigenvalue weighted by Crippen LogP contribution is 2.38. The van der Waals surface area contributed by atoms with Crippen molar-refractivity contribution in [3.63, 3.8) is 0 Å². The monoisotopic (exact) mass is 1740 g/mol. The molecular weight excluding hydrogens is 1650 g/mol. The summed E-state index contributed by atoms with van der Waals surface area (Å²) < 4.78 is 106. The number of pyridine rings is 1. The fraction of sp³-hybridized carbons (Fsp3) is 0.194. The van der Waals surface area contributed by atoms with Crippen LogP contribution in [0.1, 0.15) is 106 Å². The van der Waals surface area contributed by atoms with Crippen LogP contribution >= 0.6 is 34.8 Å². The van der Waals surface area contributed by atoms with E-state index in [0.717, 1.165) is 143 Å². The van der Waals surface area contributed by atoms with Crippen LogP contribution in [0.4, 0.5) is 0 Å². The lowest BCUT2D eigenvalue weighted by Crippen LogP contribution is -2.31. The number of hydrogen-bond acceptors (Lipinski definition) is 14. The number of H-pyrrole nitrogens is 3. The number of sulfonamides is 3. The van der Waals surface area contributed by atoms with E-state index in [1.165, 1.54) is 36.4 Å². The topological polar surface area (TPSA) is 300 Å². The van der Waals surface area contributed by atoms with E-state index in [1.54, 1.807) is 71.7 Å². The van der Waals surface area contributed by atoms with Crippen molar-refractivity contribution in [2.75, 3.05) is 19.8 Å². The van der Waals surface area contributed by atoms with Gasteiger partial charge in [-0.1, -0.05) is 150 Å². The van der Waals surface area contributed by atoms with Gasteiger partial charge in [-0.25, -0.2) is 39.4 Å². The molecule has 15 rings (SSSR count). The number of nitrogens with one attached hydrogen (secondary N) is 6. The predicted octanol–water partition coefficient (Wildman–Crippen LogP) is 19.5. The number of aryl methyl sites for hydroxylation is 12. The zero-order valence-corrected chi connectivity index (χ0v) is 72.6. The van der Waals surface area contributed by atoms with Gasteiger partial charge in [0.15, 0.2) is 0 Å². The number of rotatable bonds is 27. The number of aromatic nitrogens is 7. The van der Waals surface area contributed by atoms with Crippen LogP contribution in [0.5, 0.6) is 17.2 Å². The maximum absolute atomic E-state index is 13.5. The van der Waals surface area contributed by atoms with Gasteiger partial charge < -0.3 is 33.7 Å². The molecule has 6 aromatic heterocycles. The molecule has 0 radical (unpaired) electrons. The van der Waals surface area contributed by atoms with E-state index in [-0.39, 0.29) is 31.8 Å². The maximum atomic E-state index is 13.5. The van der Waals surface area contributed by atoms with E-state index in [9.17, 15) is 39.6 Å². The van der Waals surface area contributed by atoms with Gasteiger partial charge >= 0.3 is 0 Å². The van der Waals surface area contributed by atoms with Gasteiger partial charge in [-0.3, -0.25) is 24.0 Å². The second kappa shape index (κ2) is 37.6. The van der Waals surface area contributed by atoms with E-state index in [2.05, 4.69) is 39.2 Å². The van der Waals surface area contributed by atoms with Crippen LogP contribution in [0.15, 0.2) is 246 Å². The molecule has 3 amide bonds. The second-order valence-electron chi connectivity index (χ2n) is 29.3. The Morgan fingerprint density at radius 3 is 1.04 bits per heavy atom. The molecule has 0 aliphatic rings. The highest BCUT2D eigenvalue weighted by molar-refractivity contribution is 7.90. The minimum atomic E-state index is -4.07. The van der Waals surface area contributed by atoms with Crippen molar-refractivity contribution in [2.24, 2.45) is 14.1 Å².